The van der Waals surface area contributed by atoms with E-state index in [0.29, 0.717) is 11.8 Å². The fourth-order valence-corrected chi connectivity index (χ4v) is 5.91. The molecule has 0 aliphatic heterocycles. The fourth-order valence-electron chi connectivity index (χ4n) is 5.91. The molecule has 0 N–H and O–H groups in total. The normalized spacial score (nSPS) is 46.5. The van der Waals surface area contributed by atoms with Crippen LogP contribution in [0.3, 0.4) is 0 Å². The summed E-state index contributed by atoms with van der Waals surface area (Å²) in [6.45, 7) is 4.73. The molecule has 3 aliphatic rings. The fraction of sp³-hybridized carbons (Fsp3) is 0.684. The van der Waals surface area contributed by atoms with Crippen molar-refractivity contribution in [3.05, 3.63) is 35.4 Å². The first kappa shape index (κ1) is 12.9. The van der Waals surface area contributed by atoms with Crippen LogP contribution < -0.4 is 0 Å². The van der Waals surface area contributed by atoms with Gasteiger partial charge in [-0.25, -0.2) is 4.39 Å². The topological polar surface area (TPSA) is 0 Å². The third kappa shape index (κ3) is 1.64. The molecular weight excluding hydrogens is 247 g/mol. The first-order valence-electron chi connectivity index (χ1n) is 8.32. The Kier molecular flexibility index (Phi) is 2.78. The second-order valence-corrected chi connectivity index (χ2v) is 7.86. The second kappa shape index (κ2) is 4.32. The second-order valence-electron chi connectivity index (χ2n) is 7.86. The van der Waals surface area contributed by atoms with Crippen molar-refractivity contribution in [1.82, 2.24) is 0 Å². The van der Waals surface area contributed by atoms with E-state index in [4.69, 9.17) is 0 Å². The molecule has 20 heavy (non-hydrogen) atoms. The summed E-state index contributed by atoms with van der Waals surface area (Å²) in [4.78, 5) is 0. The van der Waals surface area contributed by atoms with Gasteiger partial charge in [0, 0.05) is 5.92 Å². The summed E-state index contributed by atoms with van der Waals surface area (Å²) < 4.78 is 15.1. The first-order chi connectivity index (χ1) is 9.60. The Morgan fingerprint density at radius 2 is 2.05 bits per heavy atom. The third-order valence-corrected chi connectivity index (χ3v) is 6.70. The highest BCUT2D eigenvalue weighted by atomic mass is 19.1. The molecule has 3 aliphatic carbocycles. The van der Waals surface area contributed by atoms with Crippen LogP contribution in [0.5, 0.6) is 0 Å². The van der Waals surface area contributed by atoms with Crippen LogP contribution in [0.15, 0.2) is 24.3 Å². The van der Waals surface area contributed by atoms with E-state index in [1.165, 1.54) is 30.4 Å². The van der Waals surface area contributed by atoms with Gasteiger partial charge in [0.1, 0.15) is 6.17 Å². The van der Waals surface area contributed by atoms with Crippen LogP contribution in [0, 0.1) is 23.2 Å². The van der Waals surface area contributed by atoms with Gasteiger partial charge in [-0.05, 0) is 60.0 Å². The highest BCUT2D eigenvalue weighted by Crippen LogP contribution is 2.62. The number of alkyl halides is 1. The largest absolute Gasteiger partial charge is 0.247 e. The van der Waals surface area contributed by atoms with Crippen LogP contribution in [0.25, 0.3) is 0 Å². The Hall–Kier alpha value is -0.850. The molecule has 0 amide bonds. The van der Waals surface area contributed by atoms with E-state index in [9.17, 15) is 0 Å². The Bertz CT molecular complexity index is 522. The predicted molar refractivity (Wildman–Crippen MR) is 80.5 cm³/mol. The van der Waals surface area contributed by atoms with Gasteiger partial charge < -0.3 is 0 Å². The van der Waals surface area contributed by atoms with Crippen LogP contribution in [-0.2, 0) is 6.42 Å². The van der Waals surface area contributed by atoms with Crippen LogP contribution in [0.2, 0.25) is 0 Å². The smallest absolute Gasteiger partial charge is 0.108 e. The Labute approximate surface area is 121 Å². The number of hydrogen-bond donors (Lipinski definition) is 0. The number of rotatable bonds is 0. The van der Waals surface area contributed by atoms with Crippen molar-refractivity contribution >= 4 is 0 Å². The van der Waals surface area contributed by atoms with E-state index < -0.39 is 6.17 Å². The number of fused-ring (bicyclic) bond motifs is 5. The average Bonchev–Trinajstić information content (AvgIpc) is 2.79. The lowest BCUT2D eigenvalue weighted by Gasteiger charge is -2.53. The standard InChI is InChI=1S/C19H25F/c1-12-10-13-6-3-4-7-14(13)18-16(20)11-19(2)9-5-8-15(19)17(12)18/h3-4,6-7,12,15-18H,5,8-11H2,1-2H3/t12-,15+,16+,17+,18+,19+/m1/s1. The van der Waals surface area contributed by atoms with Gasteiger partial charge in [-0.3, -0.25) is 0 Å². The lowest BCUT2D eigenvalue weighted by Crippen LogP contribution is -2.48. The van der Waals surface area contributed by atoms with Crippen molar-refractivity contribution in [3.63, 3.8) is 0 Å². The minimum Gasteiger partial charge on any atom is -0.247 e. The summed E-state index contributed by atoms with van der Waals surface area (Å²) >= 11 is 0. The Morgan fingerprint density at radius 3 is 2.90 bits per heavy atom. The van der Waals surface area contributed by atoms with Gasteiger partial charge >= 0.3 is 0 Å². The van der Waals surface area contributed by atoms with Crippen molar-refractivity contribution in [3.8, 4) is 0 Å². The van der Waals surface area contributed by atoms with Gasteiger partial charge in [0.05, 0.1) is 0 Å². The molecule has 0 nitrogen and oxygen atoms in total. The highest BCUT2D eigenvalue weighted by molar-refractivity contribution is 5.36. The quantitative estimate of drug-likeness (QED) is 0.614. The molecule has 0 heterocycles. The molecule has 2 saturated carbocycles. The first-order valence-corrected chi connectivity index (χ1v) is 8.32. The van der Waals surface area contributed by atoms with Crippen LogP contribution in [-0.4, -0.2) is 6.17 Å². The molecule has 0 radical (unpaired) electrons. The van der Waals surface area contributed by atoms with E-state index in [-0.39, 0.29) is 11.3 Å². The molecule has 0 bridgehead atoms. The summed E-state index contributed by atoms with van der Waals surface area (Å²) in [5.74, 6) is 2.13. The van der Waals surface area contributed by atoms with Crippen LogP contribution in [0.1, 0.15) is 56.6 Å². The van der Waals surface area contributed by atoms with Gasteiger partial charge in [0.15, 0.2) is 0 Å². The monoisotopic (exact) mass is 272 g/mol. The zero-order valence-electron chi connectivity index (χ0n) is 12.6. The van der Waals surface area contributed by atoms with Gasteiger partial charge in [0.25, 0.3) is 0 Å². The number of hydrogen-bond acceptors (Lipinski definition) is 0. The number of benzene rings is 1. The third-order valence-electron chi connectivity index (χ3n) is 6.70. The summed E-state index contributed by atoms with van der Waals surface area (Å²) in [5, 5.41) is 0. The van der Waals surface area contributed by atoms with Gasteiger partial charge in [0.2, 0.25) is 0 Å². The maximum absolute atomic E-state index is 15.1. The molecule has 0 unspecified atom stereocenters. The van der Waals surface area contributed by atoms with Gasteiger partial charge in [-0.15, -0.1) is 0 Å². The van der Waals surface area contributed by atoms with Crippen molar-refractivity contribution < 1.29 is 4.39 Å². The minimum absolute atomic E-state index is 0.172. The lowest BCUT2D eigenvalue weighted by molar-refractivity contribution is -0.0198. The molecule has 4 rings (SSSR count). The number of halogens is 1. The lowest BCUT2D eigenvalue weighted by atomic mass is 9.52. The SMILES string of the molecule is C[C@@H]1Cc2ccccc2[C@@H]2[C@@H]1[C@@H]1CCC[C@@]1(C)C[C@@H]2F. The molecule has 0 aromatic heterocycles. The minimum atomic E-state index is -0.636. The van der Waals surface area contributed by atoms with E-state index in [2.05, 4.69) is 38.1 Å². The Morgan fingerprint density at radius 1 is 1.25 bits per heavy atom. The average molecular weight is 272 g/mol. The van der Waals surface area contributed by atoms with Gasteiger partial charge in [-0.1, -0.05) is 44.5 Å². The van der Waals surface area contributed by atoms with Crippen molar-refractivity contribution in [2.45, 2.75) is 58.0 Å². The van der Waals surface area contributed by atoms with Crippen LogP contribution in [0.4, 0.5) is 4.39 Å². The molecule has 1 aromatic rings. The Balaban J connectivity index is 1.82. The van der Waals surface area contributed by atoms with Crippen molar-refractivity contribution in [2.24, 2.45) is 23.2 Å². The maximum Gasteiger partial charge on any atom is 0.108 e. The summed E-state index contributed by atoms with van der Waals surface area (Å²) in [6.07, 6.45) is 5.19. The summed E-state index contributed by atoms with van der Waals surface area (Å²) in [7, 11) is 0. The predicted octanol–water partition coefficient (Wildman–Crippen LogP) is 5.13. The highest BCUT2D eigenvalue weighted by Gasteiger charge is 2.56. The van der Waals surface area contributed by atoms with Crippen LogP contribution >= 0.6 is 0 Å². The maximum atomic E-state index is 15.1. The van der Waals surface area contributed by atoms with Crippen molar-refractivity contribution in [1.29, 1.82) is 0 Å². The summed E-state index contributed by atoms with van der Waals surface area (Å²) in [5.41, 5.74) is 3.02. The molecule has 1 aromatic carbocycles. The molecule has 0 spiro atoms. The summed E-state index contributed by atoms with van der Waals surface area (Å²) in [6, 6.07) is 8.63. The molecule has 6 atom stereocenters. The molecule has 2 fully saturated rings. The zero-order valence-corrected chi connectivity index (χ0v) is 12.6. The molecule has 108 valence electrons. The molecule has 0 saturated heterocycles. The van der Waals surface area contributed by atoms with E-state index in [1.54, 1.807) is 0 Å². The molecule has 1 heteroatoms. The van der Waals surface area contributed by atoms with Gasteiger partial charge in [-0.2, -0.15) is 0 Å². The van der Waals surface area contributed by atoms with E-state index in [0.717, 1.165) is 18.8 Å². The zero-order chi connectivity index (χ0) is 13.9. The molecular formula is C19H25F. The van der Waals surface area contributed by atoms with E-state index >= 15 is 4.39 Å². The van der Waals surface area contributed by atoms with Crippen molar-refractivity contribution in [2.75, 3.05) is 0 Å². The van der Waals surface area contributed by atoms with E-state index in [1.807, 2.05) is 0 Å².